The summed E-state index contributed by atoms with van der Waals surface area (Å²) in [5.74, 6) is -0.0236. The number of halogens is 1. The van der Waals surface area contributed by atoms with E-state index in [-0.39, 0.29) is 22.4 Å². The van der Waals surface area contributed by atoms with Crippen molar-refractivity contribution in [2.45, 2.75) is 6.92 Å². The summed E-state index contributed by atoms with van der Waals surface area (Å²) in [7, 11) is 0. The monoisotopic (exact) mass is 276 g/mol. The third-order valence-electron chi connectivity index (χ3n) is 2.61. The molecule has 2 aromatic heterocycles. The van der Waals surface area contributed by atoms with E-state index in [4.69, 9.17) is 17.3 Å². The van der Waals surface area contributed by atoms with Crippen molar-refractivity contribution in [3.05, 3.63) is 47.4 Å². The second-order valence-electron chi connectivity index (χ2n) is 3.82. The number of nitrogens with two attached hydrogens (primary N) is 1. The van der Waals surface area contributed by atoms with Gasteiger partial charge in [0.2, 0.25) is 0 Å². The van der Waals surface area contributed by atoms with Crippen LogP contribution < -0.4 is 10.6 Å². The Labute approximate surface area is 116 Å². The maximum absolute atomic E-state index is 12.5. The minimum atomic E-state index is -0.286. The van der Waals surface area contributed by atoms with Gasteiger partial charge in [0, 0.05) is 24.6 Å². The number of aromatic nitrogens is 2. The molecule has 6 heteroatoms. The summed E-state index contributed by atoms with van der Waals surface area (Å²) in [5, 5.41) is 0.284. The van der Waals surface area contributed by atoms with E-state index in [2.05, 4.69) is 9.97 Å². The molecule has 0 unspecified atom stereocenters. The second-order valence-corrected chi connectivity index (χ2v) is 4.23. The van der Waals surface area contributed by atoms with E-state index in [1.54, 1.807) is 41.6 Å². The number of amides is 1. The molecule has 0 aliphatic heterocycles. The summed E-state index contributed by atoms with van der Waals surface area (Å²) in [6.45, 7) is 2.37. The van der Waals surface area contributed by atoms with E-state index < -0.39 is 0 Å². The fraction of sp³-hybridized carbons (Fsp3) is 0.154. The first-order chi connectivity index (χ1) is 9.13. The molecule has 2 aromatic rings. The van der Waals surface area contributed by atoms with E-state index in [0.29, 0.717) is 6.54 Å². The Morgan fingerprint density at radius 1 is 1.32 bits per heavy atom. The van der Waals surface area contributed by atoms with Crippen molar-refractivity contribution >= 4 is 29.0 Å². The lowest BCUT2D eigenvalue weighted by Gasteiger charge is -2.20. The van der Waals surface area contributed by atoms with Gasteiger partial charge in [0.15, 0.2) is 0 Å². The Kier molecular flexibility index (Phi) is 3.97. The van der Waals surface area contributed by atoms with Crippen molar-refractivity contribution in [1.82, 2.24) is 9.97 Å². The lowest BCUT2D eigenvalue weighted by molar-refractivity contribution is 0.0984. The van der Waals surface area contributed by atoms with Gasteiger partial charge < -0.3 is 10.6 Å². The summed E-state index contributed by atoms with van der Waals surface area (Å²) in [4.78, 5) is 21.9. The molecule has 0 aromatic carbocycles. The van der Waals surface area contributed by atoms with Gasteiger partial charge in [-0.2, -0.15) is 0 Å². The number of carbonyl (C=O) groups excluding carboxylic acids is 1. The maximum Gasteiger partial charge on any atom is 0.278 e. The summed E-state index contributed by atoms with van der Waals surface area (Å²) >= 11 is 6.00. The van der Waals surface area contributed by atoms with Crippen molar-refractivity contribution in [2.24, 2.45) is 0 Å². The van der Waals surface area contributed by atoms with Crippen molar-refractivity contribution in [3.8, 4) is 0 Å². The number of nitrogen functional groups attached to an aromatic ring is 1. The summed E-state index contributed by atoms with van der Waals surface area (Å²) in [6, 6.07) is 6.63. The number of pyridine rings is 2. The molecule has 0 atom stereocenters. The molecule has 0 saturated carbocycles. The highest BCUT2D eigenvalue weighted by Gasteiger charge is 2.20. The molecule has 19 heavy (non-hydrogen) atoms. The number of hydrogen-bond acceptors (Lipinski definition) is 4. The first kappa shape index (κ1) is 13.3. The zero-order valence-electron chi connectivity index (χ0n) is 10.4. The predicted molar refractivity (Wildman–Crippen MR) is 75.2 cm³/mol. The van der Waals surface area contributed by atoms with Crippen molar-refractivity contribution in [2.75, 3.05) is 17.2 Å². The average Bonchev–Trinajstić information content (AvgIpc) is 2.43. The third kappa shape index (κ3) is 2.82. The van der Waals surface area contributed by atoms with Gasteiger partial charge in [-0.1, -0.05) is 11.6 Å². The summed E-state index contributed by atoms with van der Waals surface area (Å²) in [5.41, 5.74) is 6.49. The summed E-state index contributed by atoms with van der Waals surface area (Å²) in [6.07, 6.45) is 3.25. The zero-order valence-corrected chi connectivity index (χ0v) is 11.1. The van der Waals surface area contributed by atoms with Crippen LogP contribution in [-0.2, 0) is 0 Å². The molecule has 2 heterocycles. The molecule has 5 nitrogen and oxygen atoms in total. The van der Waals surface area contributed by atoms with Crippen LogP contribution in [0, 0.1) is 0 Å². The summed E-state index contributed by atoms with van der Waals surface area (Å²) < 4.78 is 0. The predicted octanol–water partition coefficient (Wildman–Crippen LogP) is 2.38. The van der Waals surface area contributed by atoms with Crippen LogP contribution in [-0.4, -0.2) is 22.4 Å². The minimum Gasteiger partial charge on any atom is -0.384 e. The van der Waals surface area contributed by atoms with E-state index >= 15 is 0 Å². The highest BCUT2D eigenvalue weighted by molar-refractivity contribution is 6.34. The smallest absolute Gasteiger partial charge is 0.278 e. The standard InChI is InChI=1S/C13H13ClN4O/c1-2-18(9-5-7-16-8-6-9)13(19)12-10(14)3-4-11(15)17-12/h3-8H,2H2,1H3,(H2,15,17). The molecule has 2 rings (SSSR count). The van der Waals surface area contributed by atoms with E-state index in [0.717, 1.165) is 5.69 Å². The van der Waals surface area contributed by atoms with Crippen LogP contribution in [0.15, 0.2) is 36.7 Å². The molecular weight excluding hydrogens is 264 g/mol. The van der Waals surface area contributed by atoms with Gasteiger partial charge in [0.25, 0.3) is 5.91 Å². The number of rotatable bonds is 3. The quantitative estimate of drug-likeness (QED) is 0.934. The van der Waals surface area contributed by atoms with Gasteiger partial charge >= 0.3 is 0 Å². The molecule has 0 radical (unpaired) electrons. The molecule has 2 N–H and O–H groups in total. The third-order valence-corrected chi connectivity index (χ3v) is 2.91. The number of hydrogen-bond donors (Lipinski definition) is 1. The van der Waals surface area contributed by atoms with Gasteiger partial charge in [0.1, 0.15) is 11.5 Å². The van der Waals surface area contributed by atoms with Gasteiger partial charge in [0.05, 0.1) is 5.02 Å². The van der Waals surface area contributed by atoms with Crippen LogP contribution in [0.4, 0.5) is 11.5 Å². The molecule has 0 aliphatic carbocycles. The van der Waals surface area contributed by atoms with Crippen LogP contribution in [0.1, 0.15) is 17.4 Å². The minimum absolute atomic E-state index is 0.153. The molecule has 0 spiro atoms. The Balaban J connectivity index is 2.39. The molecular formula is C13H13ClN4O. The van der Waals surface area contributed by atoms with Crippen LogP contribution in [0.5, 0.6) is 0 Å². The Morgan fingerprint density at radius 2 is 2.00 bits per heavy atom. The highest BCUT2D eigenvalue weighted by atomic mass is 35.5. The largest absolute Gasteiger partial charge is 0.384 e. The first-order valence-electron chi connectivity index (χ1n) is 5.77. The first-order valence-corrected chi connectivity index (χ1v) is 6.15. The molecule has 1 amide bonds. The Hall–Kier alpha value is -2.14. The fourth-order valence-electron chi connectivity index (χ4n) is 1.70. The molecule has 0 saturated heterocycles. The van der Waals surface area contributed by atoms with E-state index in [9.17, 15) is 4.79 Å². The lowest BCUT2D eigenvalue weighted by Crippen LogP contribution is -2.31. The molecule has 0 fully saturated rings. The van der Waals surface area contributed by atoms with Gasteiger partial charge in [-0.3, -0.25) is 9.78 Å². The fourth-order valence-corrected chi connectivity index (χ4v) is 1.89. The molecule has 0 bridgehead atoms. The van der Waals surface area contributed by atoms with E-state index in [1.807, 2.05) is 6.92 Å². The molecule has 0 aliphatic rings. The van der Waals surface area contributed by atoms with Crippen LogP contribution in [0.25, 0.3) is 0 Å². The average molecular weight is 277 g/mol. The number of anilines is 2. The molecule has 98 valence electrons. The SMILES string of the molecule is CCN(C(=O)c1nc(N)ccc1Cl)c1ccncc1. The normalized spacial score (nSPS) is 10.2. The van der Waals surface area contributed by atoms with Gasteiger partial charge in [-0.05, 0) is 31.2 Å². The van der Waals surface area contributed by atoms with Gasteiger partial charge in [-0.15, -0.1) is 0 Å². The number of nitrogens with zero attached hydrogens (tertiary/aromatic N) is 3. The highest BCUT2D eigenvalue weighted by Crippen LogP contribution is 2.20. The Morgan fingerprint density at radius 3 is 2.63 bits per heavy atom. The van der Waals surface area contributed by atoms with Crippen molar-refractivity contribution in [1.29, 1.82) is 0 Å². The Bertz CT molecular complexity index is 588. The maximum atomic E-state index is 12.5. The number of carbonyl (C=O) groups is 1. The lowest BCUT2D eigenvalue weighted by atomic mass is 10.2. The van der Waals surface area contributed by atoms with Gasteiger partial charge in [-0.25, -0.2) is 4.98 Å². The van der Waals surface area contributed by atoms with Crippen molar-refractivity contribution in [3.63, 3.8) is 0 Å². The van der Waals surface area contributed by atoms with Crippen LogP contribution in [0.2, 0.25) is 5.02 Å². The van der Waals surface area contributed by atoms with E-state index in [1.165, 1.54) is 0 Å². The second kappa shape index (κ2) is 5.67. The zero-order chi connectivity index (χ0) is 13.8. The van der Waals surface area contributed by atoms with Crippen LogP contribution in [0.3, 0.4) is 0 Å². The van der Waals surface area contributed by atoms with Crippen molar-refractivity contribution < 1.29 is 4.79 Å². The van der Waals surface area contributed by atoms with Crippen LogP contribution >= 0.6 is 11.6 Å². The topological polar surface area (TPSA) is 72.1 Å².